The minimum atomic E-state index is -1.60. The minimum absolute atomic E-state index is 0.0451. The van der Waals surface area contributed by atoms with Gasteiger partial charge in [-0.3, -0.25) is 9.59 Å². The molecule has 2 atom stereocenters. The van der Waals surface area contributed by atoms with Crippen LogP contribution in [0.4, 0.5) is 9.59 Å². The molecule has 1 aromatic rings. The van der Waals surface area contributed by atoms with Crippen molar-refractivity contribution in [2.75, 3.05) is 7.11 Å². The molecule has 11 nitrogen and oxygen atoms in total. The van der Waals surface area contributed by atoms with Gasteiger partial charge in [0.25, 0.3) is 0 Å². The number of ether oxygens (including phenoxy) is 6. The highest BCUT2D eigenvalue weighted by Gasteiger charge is 2.38. The van der Waals surface area contributed by atoms with Crippen molar-refractivity contribution in [1.82, 2.24) is 0 Å². The molecule has 0 amide bonds. The quantitative estimate of drug-likeness (QED) is 0.264. The maximum absolute atomic E-state index is 12.7. The van der Waals surface area contributed by atoms with Crippen molar-refractivity contribution in [2.45, 2.75) is 98.0 Å². The number of hydrogen-bond donors (Lipinski definition) is 1. The van der Waals surface area contributed by atoms with Gasteiger partial charge in [0, 0.05) is 12.8 Å². The van der Waals surface area contributed by atoms with Gasteiger partial charge in [-0.2, -0.15) is 0 Å². The molecule has 1 aromatic carbocycles. The summed E-state index contributed by atoms with van der Waals surface area (Å²) in [7, 11) is 1.20. The number of carbonyl (C=O) groups is 4. The van der Waals surface area contributed by atoms with Crippen molar-refractivity contribution in [2.24, 2.45) is 11.7 Å². The normalized spacial score (nSPS) is 14.1. The topological polar surface area (TPSA) is 150 Å². The fourth-order valence-electron chi connectivity index (χ4n) is 3.23. The van der Waals surface area contributed by atoms with Crippen LogP contribution >= 0.6 is 0 Å². The standard InChI is InChI=1S/C27H41NO10/c1-16(2)21(29)34-17(3)14-27(28,22(30)33-10)15-18-11-12-19(35-23(31)37-25(4,5)6)20(13-18)36-24(32)38-26(7,8)9/h11-13,16-17H,14-15,28H2,1-10H3/t17?,27-/m1/s1. The number of nitrogens with two attached hydrogens (primary N) is 1. The van der Waals surface area contributed by atoms with Crippen molar-refractivity contribution in [3.8, 4) is 11.5 Å². The third-order valence-corrected chi connectivity index (χ3v) is 4.73. The largest absolute Gasteiger partial charge is 0.514 e. The Labute approximate surface area is 224 Å². The van der Waals surface area contributed by atoms with Crippen LogP contribution in [0, 0.1) is 5.92 Å². The maximum atomic E-state index is 12.7. The van der Waals surface area contributed by atoms with Crippen molar-refractivity contribution < 1.29 is 47.6 Å². The summed E-state index contributed by atoms with van der Waals surface area (Å²) in [4.78, 5) is 49.3. The van der Waals surface area contributed by atoms with Crippen molar-refractivity contribution in [3.05, 3.63) is 23.8 Å². The summed E-state index contributed by atoms with van der Waals surface area (Å²) in [6.07, 6.45) is -2.87. The fraction of sp³-hybridized carbons (Fsp3) is 0.630. The van der Waals surface area contributed by atoms with E-state index in [9.17, 15) is 19.2 Å². The SMILES string of the molecule is COC(=O)[C@](N)(Cc1ccc(OC(=O)OC(C)(C)C)c(OC(=O)OC(C)(C)C)c1)CC(C)OC(=O)C(C)C. The highest BCUT2D eigenvalue weighted by Crippen LogP contribution is 2.32. The number of hydrogen-bond acceptors (Lipinski definition) is 11. The Hall–Kier alpha value is -3.34. The molecule has 0 saturated carbocycles. The van der Waals surface area contributed by atoms with E-state index < -0.39 is 47.1 Å². The summed E-state index contributed by atoms with van der Waals surface area (Å²) in [5, 5.41) is 0. The van der Waals surface area contributed by atoms with Crippen molar-refractivity contribution in [1.29, 1.82) is 0 Å². The molecule has 2 N–H and O–H groups in total. The second kappa shape index (κ2) is 12.9. The van der Waals surface area contributed by atoms with Crippen LogP contribution in [0.3, 0.4) is 0 Å². The lowest BCUT2D eigenvalue weighted by Crippen LogP contribution is -2.53. The van der Waals surface area contributed by atoms with Crippen molar-refractivity contribution in [3.63, 3.8) is 0 Å². The Morgan fingerprint density at radius 1 is 0.842 bits per heavy atom. The van der Waals surface area contributed by atoms with Gasteiger partial charge in [0.2, 0.25) is 0 Å². The molecule has 0 saturated heterocycles. The first-order valence-corrected chi connectivity index (χ1v) is 12.3. The van der Waals surface area contributed by atoms with Crippen LogP contribution in [-0.4, -0.2) is 54.2 Å². The molecule has 1 unspecified atom stereocenters. The average Bonchev–Trinajstić information content (AvgIpc) is 2.71. The Morgan fingerprint density at radius 3 is 1.79 bits per heavy atom. The predicted octanol–water partition coefficient (Wildman–Crippen LogP) is 4.71. The van der Waals surface area contributed by atoms with E-state index in [0.29, 0.717) is 5.56 Å². The fourth-order valence-corrected chi connectivity index (χ4v) is 3.23. The lowest BCUT2D eigenvalue weighted by molar-refractivity contribution is -0.157. The number of rotatable bonds is 9. The van der Waals surface area contributed by atoms with E-state index >= 15 is 0 Å². The molecular weight excluding hydrogens is 498 g/mol. The van der Waals surface area contributed by atoms with Gasteiger partial charge >= 0.3 is 24.2 Å². The van der Waals surface area contributed by atoms with Crippen LogP contribution in [0.1, 0.15) is 74.3 Å². The second-order valence-electron chi connectivity index (χ2n) is 11.3. The van der Waals surface area contributed by atoms with Crippen LogP contribution in [0.5, 0.6) is 11.5 Å². The van der Waals surface area contributed by atoms with Crippen molar-refractivity contribution >= 4 is 24.2 Å². The number of esters is 2. The third kappa shape index (κ3) is 11.4. The van der Waals surface area contributed by atoms with Gasteiger partial charge in [-0.1, -0.05) is 19.9 Å². The number of methoxy groups -OCH3 is 1. The van der Waals surface area contributed by atoms with E-state index in [-0.39, 0.29) is 30.3 Å². The van der Waals surface area contributed by atoms with E-state index in [2.05, 4.69) is 0 Å². The van der Waals surface area contributed by atoms with E-state index in [0.717, 1.165) is 0 Å². The van der Waals surface area contributed by atoms with Crippen LogP contribution in [0.2, 0.25) is 0 Å². The van der Waals surface area contributed by atoms with E-state index in [1.165, 1.54) is 25.3 Å². The molecule has 0 heterocycles. The lowest BCUT2D eigenvalue weighted by atomic mass is 9.86. The molecular formula is C27H41NO10. The zero-order chi connectivity index (χ0) is 29.5. The Bertz CT molecular complexity index is 1010. The third-order valence-electron chi connectivity index (χ3n) is 4.73. The highest BCUT2D eigenvalue weighted by molar-refractivity contribution is 5.81. The summed E-state index contributed by atoms with van der Waals surface area (Å²) in [6.45, 7) is 15.0. The molecule has 0 aliphatic heterocycles. The molecule has 38 heavy (non-hydrogen) atoms. The zero-order valence-corrected chi connectivity index (χ0v) is 24.0. The molecule has 214 valence electrons. The van der Waals surface area contributed by atoms with Gasteiger partial charge in [-0.05, 0) is 66.2 Å². The molecule has 0 radical (unpaired) electrons. The smallest absolute Gasteiger partial charge is 0.468 e. The van der Waals surface area contributed by atoms with Gasteiger partial charge in [0.1, 0.15) is 22.8 Å². The molecule has 0 aromatic heterocycles. The first-order chi connectivity index (χ1) is 17.2. The number of carbonyl (C=O) groups excluding carboxylic acids is 4. The first-order valence-electron chi connectivity index (χ1n) is 12.3. The molecule has 11 heteroatoms. The van der Waals surface area contributed by atoms with E-state index in [1.54, 1.807) is 62.3 Å². The van der Waals surface area contributed by atoms with Crippen LogP contribution < -0.4 is 15.2 Å². The van der Waals surface area contributed by atoms with Gasteiger partial charge in [0.15, 0.2) is 11.5 Å². The lowest BCUT2D eigenvalue weighted by Gasteiger charge is -2.30. The maximum Gasteiger partial charge on any atom is 0.514 e. The van der Waals surface area contributed by atoms with Crippen LogP contribution in [0.25, 0.3) is 0 Å². The molecule has 0 spiro atoms. The summed E-state index contributed by atoms with van der Waals surface area (Å²) in [5.74, 6) is -1.79. The Kier molecular flexibility index (Phi) is 11.1. The monoisotopic (exact) mass is 539 g/mol. The molecule has 0 bridgehead atoms. The first kappa shape index (κ1) is 32.7. The summed E-state index contributed by atoms with van der Waals surface area (Å²) in [5.41, 5.74) is 3.63. The van der Waals surface area contributed by atoms with Gasteiger partial charge < -0.3 is 34.2 Å². The predicted molar refractivity (Wildman–Crippen MR) is 138 cm³/mol. The Morgan fingerprint density at radius 2 is 1.34 bits per heavy atom. The van der Waals surface area contributed by atoms with Crippen LogP contribution in [0.15, 0.2) is 18.2 Å². The summed E-state index contributed by atoms with van der Waals surface area (Å²) in [6, 6.07) is 4.30. The van der Waals surface area contributed by atoms with Gasteiger partial charge in [0.05, 0.1) is 13.0 Å². The molecule has 1 rings (SSSR count). The Balaban J connectivity index is 3.33. The summed E-state index contributed by atoms with van der Waals surface area (Å²) < 4.78 is 31.3. The van der Waals surface area contributed by atoms with Gasteiger partial charge in [-0.25, -0.2) is 9.59 Å². The number of benzene rings is 1. The van der Waals surface area contributed by atoms with Gasteiger partial charge in [-0.15, -0.1) is 0 Å². The van der Waals surface area contributed by atoms with Crippen LogP contribution in [-0.2, 0) is 35.0 Å². The summed E-state index contributed by atoms with van der Waals surface area (Å²) >= 11 is 0. The highest BCUT2D eigenvalue weighted by atomic mass is 16.8. The van der Waals surface area contributed by atoms with E-state index in [4.69, 9.17) is 34.2 Å². The zero-order valence-electron chi connectivity index (χ0n) is 24.0. The molecule has 0 aliphatic carbocycles. The molecule has 0 aliphatic rings. The molecule has 0 fully saturated rings. The minimum Gasteiger partial charge on any atom is -0.468 e. The average molecular weight is 540 g/mol. The second-order valence-corrected chi connectivity index (χ2v) is 11.3. The van der Waals surface area contributed by atoms with E-state index in [1.807, 2.05) is 0 Å².